The van der Waals surface area contributed by atoms with Crippen LogP contribution in [0, 0.1) is 0 Å². The minimum absolute atomic E-state index is 0.0595. The predicted octanol–water partition coefficient (Wildman–Crippen LogP) is 3.96. The Bertz CT molecular complexity index is 1110. The maximum atomic E-state index is 12.5. The average Bonchev–Trinajstić information content (AvgIpc) is 3.32. The van der Waals surface area contributed by atoms with Crippen LogP contribution in [0.1, 0.15) is 6.42 Å². The summed E-state index contributed by atoms with van der Waals surface area (Å²) in [5.41, 5.74) is 2.21. The summed E-state index contributed by atoms with van der Waals surface area (Å²) in [6.07, 6.45) is -0.518. The number of nitrogens with one attached hydrogen (secondary N) is 1. The molecule has 0 radical (unpaired) electrons. The lowest BCUT2D eigenvalue weighted by molar-refractivity contribution is -0.121. The molecule has 1 atom stereocenters. The lowest BCUT2D eigenvalue weighted by atomic mass is 10.2. The average molecular weight is 465 g/mol. The van der Waals surface area contributed by atoms with Gasteiger partial charge >= 0.3 is 0 Å². The van der Waals surface area contributed by atoms with Crippen LogP contribution < -0.4 is 24.4 Å². The predicted molar refractivity (Wildman–Crippen MR) is 126 cm³/mol. The monoisotopic (exact) mass is 464 g/mol. The van der Waals surface area contributed by atoms with Crippen molar-refractivity contribution in [1.82, 2.24) is 5.32 Å². The lowest BCUT2D eigenvalue weighted by Crippen LogP contribution is -2.36. The van der Waals surface area contributed by atoms with E-state index in [1.807, 2.05) is 24.3 Å². The number of carbonyl (C=O) groups excluding carboxylic acids is 1. The molecule has 1 amide bonds. The first-order valence-corrected chi connectivity index (χ1v) is 11.6. The zero-order valence-electron chi connectivity index (χ0n) is 17.9. The molecule has 1 unspecified atom stereocenters. The number of fused-ring (bicyclic) bond motifs is 3. The van der Waals surface area contributed by atoms with E-state index in [9.17, 15) is 9.90 Å². The summed E-state index contributed by atoms with van der Waals surface area (Å²) in [4.78, 5) is 17.0. The molecule has 2 aliphatic heterocycles. The van der Waals surface area contributed by atoms with Gasteiger partial charge in [-0.2, -0.15) is 0 Å². The second-order valence-corrected chi connectivity index (χ2v) is 8.81. The van der Waals surface area contributed by atoms with Crippen LogP contribution in [0.25, 0.3) is 0 Å². The third-order valence-corrected chi connectivity index (χ3v) is 6.55. The molecule has 2 aliphatic rings. The first-order valence-electron chi connectivity index (χ1n) is 10.8. The van der Waals surface area contributed by atoms with E-state index < -0.39 is 6.10 Å². The number of aliphatic hydroxyl groups is 1. The highest BCUT2D eigenvalue weighted by Gasteiger charge is 2.23. The van der Waals surface area contributed by atoms with Crippen molar-refractivity contribution >= 4 is 29.0 Å². The molecule has 170 valence electrons. The SMILES string of the molecule is O=C(CCN1c2ccccc2Sc2ccccc21)NCC(O)COc1ccc2c(c1)OCO2. The van der Waals surface area contributed by atoms with Gasteiger partial charge in [-0.05, 0) is 36.4 Å². The van der Waals surface area contributed by atoms with Gasteiger partial charge in [0.1, 0.15) is 18.5 Å². The Hall–Kier alpha value is -3.36. The van der Waals surface area contributed by atoms with Gasteiger partial charge in [-0.15, -0.1) is 0 Å². The van der Waals surface area contributed by atoms with Crippen LogP contribution in [0.2, 0.25) is 0 Å². The van der Waals surface area contributed by atoms with E-state index in [-0.39, 0.29) is 25.9 Å². The molecule has 0 fully saturated rings. The molecule has 0 bridgehead atoms. The van der Waals surface area contributed by atoms with Gasteiger partial charge in [0, 0.05) is 35.4 Å². The van der Waals surface area contributed by atoms with Crippen LogP contribution in [0.4, 0.5) is 11.4 Å². The maximum Gasteiger partial charge on any atom is 0.231 e. The van der Waals surface area contributed by atoms with Crippen LogP contribution in [0.3, 0.4) is 0 Å². The van der Waals surface area contributed by atoms with Crippen LogP contribution in [0.15, 0.2) is 76.5 Å². The topological polar surface area (TPSA) is 80.3 Å². The minimum atomic E-state index is -0.827. The van der Waals surface area contributed by atoms with Gasteiger partial charge in [-0.1, -0.05) is 36.0 Å². The third-order valence-electron chi connectivity index (χ3n) is 5.42. The summed E-state index contributed by atoms with van der Waals surface area (Å²) in [6.45, 7) is 0.918. The van der Waals surface area contributed by atoms with Crippen molar-refractivity contribution in [1.29, 1.82) is 0 Å². The van der Waals surface area contributed by atoms with Gasteiger partial charge in [0.05, 0.1) is 11.4 Å². The zero-order valence-corrected chi connectivity index (χ0v) is 18.7. The summed E-state index contributed by atoms with van der Waals surface area (Å²) in [7, 11) is 0. The first-order chi connectivity index (χ1) is 16.2. The summed E-state index contributed by atoms with van der Waals surface area (Å²) in [5, 5.41) is 13.0. The Morgan fingerprint density at radius 3 is 2.48 bits per heavy atom. The Morgan fingerprint density at radius 2 is 1.73 bits per heavy atom. The highest BCUT2D eigenvalue weighted by molar-refractivity contribution is 7.99. The normalized spacial score (nSPS) is 14.3. The molecule has 3 aromatic carbocycles. The molecular formula is C25H24N2O5S. The van der Waals surface area contributed by atoms with E-state index in [1.165, 1.54) is 9.79 Å². The van der Waals surface area contributed by atoms with Gasteiger partial charge in [0.2, 0.25) is 12.7 Å². The van der Waals surface area contributed by atoms with Crippen molar-refractivity contribution in [2.75, 3.05) is 31.4 Å². The van der Waals surface area contributed by atoms with E-state index in [0.29, 0.717) is 30.2 Å². The molecule has 0 saturated heterocycles. The molecule has 5 rings (SSSR count). The zero-order chi connectivity index (χ0) is 22.6. The van der Waals surface area contributed by atoms with Crippen molar-refractivity contribution in [2.24, 2.45) is 0 Å². The summed E-state index contributed by atoms with van der Waals surface area (Å²) >= 11 is 1.74. The van der Waals surface area contributed by atoms with E-state index in [4.69, 9.17) is 14.2 Å². The molecule has 3 aromatic rings. The summed E-state index contributed by atoms with van der Waals surface area (Å²) in [6, 6.07) is 21.7. The Kier molecular flexibility index (Phi) is 6.28. The standard InChI is InChI=1S/C25H24N2O5S/c28-17(15-30-18-9-10-21-22(13-18)32-16-31-21)14-26-25(29)11-12-27-19-5-1-3-7-23(19)33-24-8-4-2-6-20(24)27/h1-10,13,17,28H,11-12,14-16H2,(H,26,29). The van der Waals surface area contributed by atoms with Gasteiger partial charge in [-0.25, -0.2) is 0 Å². The van der Waals surface area contributed by atoms with Crippen molar-refractivity contribution in [3.05, 3.63) is 66.7 Å². The third kappa shape index (κ3) is 4.86. The number of benzene rings is 3. The van der Waals surface area contributed by atoms with Crippen LogP contribution >= 0.6 is 11.8 Å². The fourth-order valence-corrected chi connectivity index (χ4v) is 4.87. The fourth-order valence-electron chi connectivity index (χ4n) is 3.77. The fraction of sp³-hybridized carbons (Fsp3) is 0.240. The Morgan fingerprint density at radius 1 is 1.03 bits per heavy atom. The van der Waals surface area contributed by atoms with Crippen molar-refractivity contribution in [3.63, 3.8) is 0 Å². The molecule has 8 heteroatoms. The molecule has 0 aromatic heterocycles. The van der Waals surface area contributed by atoms with E-state index >= 15 is 0 Å². The molecular weight excluding hydrogens is 440 g/mol. The van der Waals surface area contributed by atoms with E-state index in [1.54, 1.807) is 30.0 Å². The van der Waals surface area contributed by atoms with Gasteiger partial charge in [0.15, 0.2) is 11.5 Å². The first kappa shape index (κ1) is 21.5. The number of rotatable bonds is 8. The van der Waals surface area contributed by atoms with Crippen molar-refractivity contribution in [2.45, 2.75) is 22.3 Å². The number of nitrogens with zero attached hydrogens (tertiary/aromatic N) is 1. The van der Waals surface area contributed by atoms with E-state index in [0.717, 1.165) is 11.4 Å². The van der Waals surface area contributed by atoms with Gasteiger partial charge < -0.3 is 29.5 Å². The smallest absolute Gasteiger partial charge is 0.231 e. The number of anilines is 2. The second-order valence-electron chi connectivity index (χ2n) is 7.72. The van der Waals surface area contributed by atoms with Gasteiger partial charge in [-0.3, -0.25) is 4.79 Å². The maximum absolute atomic E-state index is 12.5. The number of carbonyl (C=O) groups is 1. The molecule has 0 saturated carbocycles. The molecule has 0 spiro atoms. The second kappa shape index (κ2) is 9.64. The molecule has 33 heavy (non-hydrogen) atoms. The van der Waals surface area contributed by atoms with Crippen LogP contribution in [0.5, 0.6) is 17.2 Å². The van der Waals surface area contributed by atoms with E-state index in [2.05, 4.69) is 34.5 Å². The molecule has 2 heterocycles. The quantitative estimate of drug-likeness (QED) is 0.522. The highest BCUT2D eigenvalue weighted by Crippen LogP contribution is 2.47. The number of para-hydroxylation sites is 2. The molecule has 2 N–H and O–H groups in total. The van der Waals surface area contributed by atoms with Gasteiger partial charge in [0.25, 0.3) is 0 Å². The lowest BCUT2D eigenvalue weighted by Gasteiger charge is -2.32. The largest absolute Gasteiger partial charge is 0.491 e. The molecule has 7 nitrogen and oxygen atoms in total. The number of hydrogen-bond donors (Lipinski definition) is 2. The Labute approximate surface area is 196 Å². The number of hydrogen-bond acceptors (Lipinski definition) is 7. The number of ether oxygens (including phenoxy) is 3. The number of aliphatic hydroxyl groups excluding tert-OH is 1. The highest BCUT2D eigenvalue weighted by atomic mass is 32.2. The molecule has 0 aliphatic carbocycles. The van der Waals surface area contributed by atoms with Crippen molar-refractivity contribution in [3.8, 4) is 17.2 Å². The van der Waals surface area contributed by atoms with Crippen LogP contribution in [-0.4, -0.2) is 43.6 Å². The van der Waals surface area contributed by atoms with Crippen molar-refractivity contribution < 1.29 is 24.1 Å². The Balaban J connectivity index is 1.12. The summed E-state index contributed by atoms with van der Waals surface area (Å²) in [5.74, 6) is 1.75. The summed E-state index contributed by atoms with van der Waals surface area (Å²) < 4.78 is 16.2. The minimum Gasteiger partial charge on any atom is -0.491 e. The van der Waals surface area contributed by atoms with Crippen LogP contribution in [-0.2, 0) is 4.79 Å². The number of amides is 1.